The molecule has 0 spiro atoms. The maximum Gasteiger partial charge on any atom is 0.0921 e. The molecule has 0 aliphatic rings. The summed E-state index contributed by atoms with van der Waals surface area (Å²) < 4.78 is 0. The maximum absolute atomic E-state index is 5.09. The van der Waals surface area contributed by atoms with Gasteiger partial charge in [-0.15, -0.1) is 12.3 Å². The summed E-state index contributed by atoms with van der Waals surface area (Å²) in [5.41, 5.74) is 1.08. The highest BCUT2D eigenvalue weighted by atomic mass is 14.6. The van der Waals surface area contributed by atoms with Crippen LogP contribution >= 0.6 is 0 Å². The van der Waals surface area contributed by atoms with Gasteiger partial charge in [-0.25, -0.2) is 0 Å². The standard InChI is InChI=1S/C9H8N/c1-2-3-5-9-6-4-7-10-8-9/h1,4,6-7H,3,5H2. The lowest BCUT2D eigenvalue weighted by molar-refractivity contribution is 1.01. The Bertz CT molecular complexity index is 220. The van der Waals surface area contributed by atoms with Crippen LogP contribution < -0.4 is 0 Å². The van der Waals surface area contributed by atoms with Gasteiger partial charge in [-0.3, -0.25) is 4.98 Å². The highest BCUT2D eigenvalue weighted by Crippen LogP contribution is 1.97. The van der Waals surface area contributed by atoms with Crippen molar-refractivity contribution in [1.29, 1.82) is 0 Å². The first-order chi connectivity index (χ1) is 4.93. The third-order valence-electron chi connectivity index (χ3n) is 1.20. The Hall–Kier alpha value is -1.29. The summed E-state index contributed by atoms with van der Waals surface area (Å²) in [5.74, 6) is 2.57. The van der Waals surface area contributed by atoms with Crippen LogP contribution in [-0.4, -0.2) is 4.98 Å². The van der Waals surface area contributed by atoms with E-state index in [-0.39, 0.29) is 0 Å². The lowest BCUT2D eigenvalue weighted by Gasteiger charge is -1.91. The number of aryl methyl sites for hydroxylation is 1. The van der Waals surface area contributed by atoms with Crippen LogP contribution in [0.2, 0.25) is 0 Å². The van der Waals surface area contributed by atoms with Gasteiger partial charge in [0.15, 0.2) is 0 Å². The van der Waals surface area contributed by atoms with E-state index in [0.29, 0.717) is 0 Å². The van der Waals surface area contributed by atoms with Crippen LogP contribution in [0.4, 0.5) is 0 Å². The van der Waals surface area contributed by atoms with Gasteiger partial charge in [-0.2, -0.15) is 0 Å². The fourth-order valence-corrected chi connectivity index (χ4v) is 0.706. The van der Waals surface area contributed by atoms with Crippen molar-refractivity contribution in [3.05, 3.63) is 30.1 Å². The summed E-state index contributed by atoms with van der Waals surface area (Å²) in [6, 6.07) is 3.87. The molecule has 0 aliphatic carbocycles. The van der Waals surface area contributed by atoms with Crippen molar-refractivity contribution in [2.45, 2.75) is 12.8 Å². The topological polar surface area (TPSA) is 12.9 Å². The molecule has 0 saturated carbocycles. The number of rotatable bonds is 2. The van der Waals surface area contributed by atoms with Crippen LogP contribution in [0.1, 0.15) is 12.0 Å². The van der Waals surface area contributed by atoms with E-state index >= 15 is 0 Å². The molecule has 0 unspecified atom stereocenters. The smallest absolute Gasteiger partial charge is 0.0921 e. The van der Waals surface area contributed by atoms with E-state index in [1.807, 2.05) is 12.1 Å². The summed E-state index contributed by atoms with van der Waals surface area (Å²) in [7, 11) is 0. The Balaban J connectivity index is 2.52. The fourth-order valence-electron chi connectivity index (χ4n) is 0.706. The van der Waals surface area contributed by atoms with Crippen LogP contribution in [0.25, 0.3) is 0 Å². The number of hydrogen-bond acceptors (Lipinski definition) is 1. The van der Waals surface area contributed by atoms with Crippen LogP contribution in [0.3, 0.4) is 0 Å². The summed E-state index contributed by atoms with van der Waals surface area (Å²) in [6.45, 7) is 0. The lowest BCUT2D eigenvalue weighted by Crippen LogP contribution is -1.83. The first-order valence-corrected chi connectivity index (χ1v) is 3.18. The van der Waals surface area contributed by atoms with Crippen LogP contribution in [0.5, 0.6) is 0 Å². The third-order valence-corrected chi connectivity index (χ3v) is 1.20. The Morgan fingerprint density at radius 2 is 2.60 bits per heavy atom. The van der Waals surface area contributed by atoms with Crippen molar-refractivity contribution in [2.75, 3.05) is 0 Å². The lowest BCUT2D eigenvalue weighted by atomic mass is 10.2. The molecule has 1 rings (SSSR count). The summed E-state index contributed by atoms with van der Waals surface area (Å²) in [4.78, 5) is 3.84. The van der Waals surface area contributed by atoms with Gasteiger partial charge < -0.3 is 0 Å². The Morgan fingerprint density at radius 1 is 1.70 bits per heavy atom. The predicted molar refractivity (Wildman–Crippen MR) is 40.2 cm³/mol. The van der Waals surface area contributed by atoms with Crippen molar-refractivity contribution >= 4 is 0 Å². The second-order valence-electron chi connectivity index (χ2n) is 1.98. The van der Waals surface area contributed by atoms with Gasteiger partial charge in [-0.1, -0.05) is 6.07 Å². The highest BCUT2D eigenvalue weighted by molar-refractivity contribution is 5.08. The van der Waals surface area contributed by atoms with E-state index in [1.54, 1.807) is 6.20 Å². The monoisotopic (exact) mass is 130 g/mol. The van der Waals surface area contributed by atoms with Gasteiger partial charge in [0.1, 0.15) is 0 Å². The van der Waals surface area contributed by atoms with Gasteiger partial charge in [-0.05, 0) is 18.1 Å². The fraction of sp³-hybridized carbons (Fsp3) is 0.222. The molecule has 0 saturated heterocycles. The Kier molecular flexibility index (Phi) is 2.51. The maximum atomic E-state index is 5.09. The molecule has 0 aromatic carbocycles. The van der Waals surface area contributed by atoms with Crippen molar-refractivity contribution in [1.82, 2.24) is 4.98 Å². The molecular formula is C9H8N. The van der Waals surface area contributed by atoms with Gasteiger partial charge in [0.05, 0.1) is 6.20 Å². The zero-order valence-corrected chi connectivity index (χ0v) is 5.67. The van der Waals surface area contributed by atoms with Crippen molar-refractivity contribution in [2.24, 2.45) is 0 Å². The highest BCUT2D eigenvalue weighted by Gasteiger charge is 1.88. The molecule has 0 fully saturated rings. The Morgan fingerprint density at radius 3 is 3.20 bits per heavy atom. The molecule has 1 nitrogen and oxygen atoms in total. The average Bonchev–Trinajstić information content (AvgIpc) is 2.03. The van der Waals surface area contributed by atoms with Crippen LogP contribution in [-0.2, 0) is 6.42 Å². The molecule has 1 heterocycles. The molecule has 0 atom stereocenters. The summed E-state index contributed by atoms with van der Waals surface area (Å²) in [5, 5.41) is 0. The van der Waals surface area contributed by atoms with Gasteiger partial charge in [0.25, 0.3) is 0 Å². The average molecular weight is 130 g/mol. The molecule has 0 N–H and O–H groups in total. The largest absolute Gasteiger partial charge is 0.254 e. The summed E-state index contributed by atoms with van der Waals surface area (Å²) >= 11 is 0. The van der Waals surface area contributed by atoms with Crippen molar-refractivity contribution in [3.63, 3.8) is 0 Å². The van der Waals surface area contributed by atoms with Gasteiger partial charge in [0, 0.05) is 12.6 Å². The van der Waals surface area contributed by atoms with Crippen molar-refractivity contribution < 1.29 is 0 Å². The van der Waals surface area contributed by atoms with E-state index in [1.165, 1.54) is 0 Å². The second-order valence-corrected chi connectivity index (χ2v) is 1.98. The van der Waals surface area contributed by atoms with E-state index in [0.717, 1.165) is 18.4 Å². The first-order valence-electron chi connectivity index (χ1n) is 3.18. The minimum atomic E-state index is 0.766. The molecule has 10 heavy (non-hydrogen) atoms. The van der Waals surface area contributed by atoms with E-state index in [4.69, 9.17) is 6.42 Å². The number of terminal acetylenes is 1. The zero-order valence-electron chi connectivity index (χ0n) is 5.67. The molecule has 0 bridgehead atoms. The molecule has 0 aliphatic heterocycles. The van der Waals surface area contributed by atoms with E-state index in [2.05, 4.69) is 17.1 Å². The molecule has 1 aromatic heterocycles. The van der Waals surface area contributed by atoms with E-state index < -0.39 is 0 Å². The molecule has 1 heteroatoms. The van der Waals surface area contributed by atoms with Crippen LogP contribution in [0, 0.1) is 18.5 Å². The van der Waals surface area contributed by atoms with Crippen molar-refractivity contribution in [3.8, 4) is 12.3 Å². The molecule has 49 valence electrons. The predicted octanol–water partition coefficient (Wildman–Crippen LogP) is 1.45. The number of hydrogen-bond donors (Lipinski definition) is 0. The molecule has 1 radical (unpaired) electrons. The van der Waals surface area contributed by atoms with Gasteiger partial charge in [0.2, 0.25) is 0 Å². The normalized spacial score (nSPS) is 8.70. The Labute approximate surface area is 61.1 Å². The third kappa shape index (κ3) is 1.91. The molecule has 1 aromatic rings. The number of aromatic nitrogens is 1. The molecule has 0 amide bonds. The van der Waals surface area contributed by atoms with Crippen LogP contribution in [0.15, 0.2) is 18.3 Å². The van der Waals surface area contributed by atoms with E-state index in [9.17, 15) is 0 Å². The quantitative estimate of drug-likeness (QED) is 0.552. The SMILES string of the molecule is C#CCCc1[c]nccc1. The van der Waals surface area contributed by atoms with Gasteiger partial charge >= 0.3 is 0 Å². The minimum absolute atomic E-state index is 0.766. The second kappa shape index (κ2) is 3.68. The molecular weight excluding hydrogens is 122 g/mol. The number of nitrogens with zero attached hydrogens (tertiary/aromatic N) is 1. The first kappa shape index (κ1) is 6.82. The summed E-state index contributed by atoms with van der Waals surface area (Å²) in [6.07, 6.45) is 11.3. The number of pyridine rings is 1. The zero-order chi connectivity index (χ0) is 7.23. The minimum Gasteiger partial charge on any atom is -0.254 e.